The fourth-order valence-corrected chi connectivity index (χ4v) is 1.22. The molecule has 2 heterocycles. The second-order valence-corrected chi connectivity index (χ2v) is 2.62. The van der Waals surface area contributed by atoms with Crippen molar-refractivity contribution in [2.24, 2.45) is 0 Å². The van der Waals surface area contributed by atoms with Gasteiger partial charge in [-0.15, -0.1) is 12.6 Å². The van der Waals surface area contributed by atoms with Crippen LogP contribution in [-0.4, -0.2) is 15.0 Å². The summed E-state index contributed by atoms with van der Waals surface area (Å²) in [7, 11) is 0. The molecule has 3 nitrogen and oxygen atoms in total. The largest absolute Gasteiger partial charge is 0.356 e. The zero-order valence-corrected chi connectivity index (χ0v) is 6.60. The molecule has 4 heteroatoms. The molecule has 0 bridgehead atoms. The summed E-state index contributed by atoms with van der Waals surface area (Å²) in [6.07, 6.45) is 5.34. The van der Waals surface area contributed by atoms with Gasteiger partial charge in [-0.25, -0.2) is 4.98 Å². The molecule has 0 saturated carbocycles. The maximum atomic E-state index is 4.22. The molecule has 0 aliphatic rings. The molecule has 0 radical (unpaired) electrons. The molecule has 0 aliphatic heterocycles. The number of hydrogen-bond acceptors (Lipinski definition) is 2. The van der Waals surface area contributed by atoms with Crippen LogP contribution in [0.5, 0.6) is 0 Å². The van der Waals surface area contributed by atoms with Crippen molar-refractivity contribution in [1.29, 1.82) is 0 Å². The van der Waals surface area contributed by atoms with Crippen LogP contribution in [0.2, 0.25) is 0 Å². The van der Waals surface area contributed by atoms with E-state index in [2.05, 4.69) is 27.6 Å². The Morgan fingerprint density at radius 2 is 2.18 bits per heavy atom. The van der Waals surface area contributed by atoms with Crippen LogP contribution in [0.4, 0.5) is 0 Å². The standard InChI is InChI=1S/C7H7N3S/c11-7-5(1-2-10-7)6-8-3-4-9-6/h1-4,10-11H,(H,8,9). The lowest BCUT2D eigenvalue weighted by Gasteiger charge is -1.91. The van der Waals surface area contributed by atoms with E-state index in [1.54, 1.807) is 12.4 Å². The Kier molecular flexibility index (Phi) is 1.47. The molecule has 56 valence electrons. The van der Waals surface area contributed by atoms with Gasteiger partial charge < -0.3 is 9.97 Å². The van der Waals surface area contributed by atoms with Crippen molar-refractivity contribution in [1.82, 2.24) is 15.0 Å². The first kappa shape index (κ1) is 6.54. The summed E-state index contributed by atoms with van der Waals surface area (Å²) >= 11 is 4.22. The fourth-order valence-electron chi connectivity index (χ4n) is 0.964. The highest BCUT2D eigenvalue weighted by Crippen LogP contribution is 2.20. The van der Waals surface area contributed by atoms with Crippen LogP contribution in [0, 0.1) is 0 Å². The predicted octanol–water partition coefficient (Wildman–Crippen LogP) is 1.69. The number of imidazole rings is 1. The van der Waals surface area contributed by atoms with E-state index >= 15 is 0 Å². The van der Waals surface area contributed by atoms with Crippen LogP contribution < -0.4 is 0 Å². The highest BCUT2D eigenvalue weighted by molar-refractivity contribution is 7.80. The van der Waals surface area contributed by atoms with Crippen molar-refractivity contribution in [2.45, 2.75) is 5.03 Å². The lowest BCUT2D eigenvalue weighted by atomic mass is 10.3. The second-order valence-electron chi connectivity index (χ2n) is 2.18. The molecular formula is C7H7N3S. The average molecular weight is 165 g/mol. The quantitative estimate of drug-likeness (QED) is 0.553. The molecule has 2 aromatic rings. The van der Waals surface area contributed by atoms with Gasteiger partial charge in [0.05, 0.1) is 5.03 Å². The monoisotopic (exact) mass is 165 g/mol. The molecule has 2 aromatic heterocycles. The Bertz CT molecular complexity index is 336. The number of nitrogens with zero attached hydrogens (tertiary/aromatic N) is 1. The smallest absolute Gasteiger partial charge is 0.139 e. The van der Waals surface area contributed by atoms with Crippen LogP contribution in [0.3, 0.4) is 0 Å². The van der Waals surface area contributed by atoms with E-state index in [1.165, 1.54) is 0 Å². The van der Waals surface area contributed by atoms with Gasteiger partial charge in [-0.3, -0.25) is 0 Å². The number of aromatic nitrogens is 3. The van der Waals surface area contributed by atoms with Crippen LogP contribution in [0.15, 0.2) is 29.7 Å². The summed E-state index contributed by atoms with van der Waals surface area (Å²) < 4.78 is 0. The van der Waals surface area contributed by atoms with E-state index in [0.29, 0.717) is 0 Å². The third-order valence-corrected chi connectivity index (χ3v) is 1.85. The van der Waals surface area contributed by atoms with Crippen molar-refractivity contribution >= 4 is 12.6 Å². The Hall–Kier alpha value is -1.16. The zero-order chi connectivity index (χ0) is 7.68. The lowest BCUT2D eigenvalue weighted by molar-refractivity contribution is 1.19. The number of hydrogen-bond donors (Lipinski definition) is 3. The Labute approximate surface area is 69.3 Å². The Morgan fingerprint density at radius 1 is 1.27 bits per heavy atom. The topological polar surface area (TPSA) is 44.5 Å². The zero-order valence-electron chi connectivity index (χ0n) is 5.70. The minimum absolute atomic E-state index is 0.833. The third kappa shape index (κ3) is 1.05. The molecule has 11 heavy (non-hydrogen) atoms. The minimum Gasteiger partial charge on any atom is -0.356 e. The molecule has 2 N–H and O–H groups in total. The molecule has 0 saturated heterocycles. The minimum atomic E-state index is 0.833. The summed E-state index contributed by atoms with van der Waals surface area (Å²) in [5, 5.41) is 0.833. The number of nitrogens with one attached hydrogen (secondary N) is 2. The van der Waals surface area contributed by atoms with Gasteiger partial charge in [0, 0.05) is 24.2 Å². The second kappa shape index (κ2) is 2.47. The first-order chi connectivity index (χ1) is 5.38. The molecule has 0 spiro atoms. The number of thiol groups is 1. The molecule has 0 atom stereocenters. The SMILES string of the molecule is Sc1[nH]ccc1-c1ncc[nH]1. The molecule has 2 rings (SSSR count). The Balaban J connectivity index is 2.53. The summed E-state index contributed by atoms with van der Waals surface area (Å²) in [6, 6.07) is 1.93. The van der Waals surface area contributed by atoms with Crippen LogP contribution in [-0.2, 0) is 0 Å². The van der Waals surface area contributed by atoms with Gasteiger partial charge in [-0.2, -0.15) is 0 Å². The van der Waals surface area contributed by atoms with Crippen LogP contribution >= 0.6 is 12.6 Å². The van der Waals surface area contributed by atoms with E-state index in [9.17, 15) is 0 Å². The van der Waals surface area contributed by atoms with Crippen molar-refractivity contribution in [3.63, 3.8) is 0 Å². The third-order valence-electron chi connectivity index (χ3n) is 1.48. The summed E-state index contributed by atoms with van der Waals surface area (Å²) in [6.45, 7) is 0. The van der Waals surface area contributed by atoms with Gasteiger partial charge in [0.25, 0.3) is 0 Å². The summed E-state index contributed by atoms with van der Waals surface area (Å²) in [5.74, 6) is 0.844. The molecule has 0 fully saturated rings. The van der Waals surface area contributed by atoms with E-state index in [1.807, 2.05) is 12.3 Å². The molecule has 0 aromatic carbocycles. The number of aromatic amines is 2. The first-order valence-electron chi connectivity index (χ1n) is 3.24. The molecule has 0 aliphatic carbocycles. The maximum absolute atomic E-state index is 4.22. The molecule has 0 amide bonds. The van der Waals surface area contributed by atoms with Crippen LogP contribution in [0.1, 0.15) is 0 Å². The van der Waals surface area contributed by atoms with Crippen molar-refractivity contribution in [2.75, 3.05) is 0 Å². The van der Waals surface area contributed by atoms with E-state index in [0.717, 1.165) is 16.4 Å². The van der Waals surface area contributed by atoms with Gasteiger partial charge in [-0.05, 0) is 6.07 Å². The van der Waals surface area contributed by atoms with Crippen molar-refractivity contribution in [3.05, 3.63) is 24.7 Å². The van der Waals surface area contributed by atoms with E-state index < -0.39 is 0 Å². The average Bonchev–Trinajstić information content (AvgIpc) is 2.55. The highest BCUT2D eigenvalue weighted by Gasteiger charge is 2.03. The maximum Gasteiger partial charge on any atom is 0.139 e. The Morgan fingerprint density at radius 3 is 2.73 bits per heavy atom. The first-order valence-corrected chi connectivity index (χ1v) is 3.69. The number of H-pyrrole nitrogens is 2. The molecular weight excluding hydrogens is 158 g/mol. The highest BCUT2D eigenvalue weighted by atomic mass is 32.1. The fraction of sp³-hybridized carbons (Fsp3) is 0. The summed E-state index contributed by atoms with van der Waals surface area (Å²) in [5.41, 5.74) is 0.998. The van der Waals surface area contributed by atoms with Gasteiger partial charge in [-0.1, -0.05) is 0 Å². The summed E-state index contributed by atoms with van der Waals surface area (Å²) in [4.78, 5) is 10.1. The van der Waals surface area contributed by atoms with Crippen molar-refractivity contribution in [3.8, 4) is 11.4 Å². The number of rotatable bonds is 1. The lowest BCUT2D eigenvalue weighted by Crippen LogP contribution is -1.77. The van der Waals surface area contributed by atoms with E-state index in [4.69, 9.17) is 0 Å². The van der Waals surface area contributed by atoms with Gasteiger partial charge >= 0.3 is 0 Å². The van der Waals surface area contributed by atoms with Gasteiger partial charge in [0.2, 0.25) is 0 Å². The molecule has 0 unspecified atom stereocenters. The van der Waals surface area contributed by atoms with E-state index in [-0.39, 0.29) is 0 Å². The van der Waals surface area contributed by atoms with Gasteiger partial charge in [0.1, 0.15) is 5.82 Å². The van der Waals surface area contributed by atoms with Crippen LogP contribution in [0.25, 0.3) is 11.4 Å². The normalized spacial score (nSPS) is 10.3. The van der Waals surface area contributed by atoms with Crippen molar-refractivity contribution < 1.29 is 0 Å². The predicted molar refractivity (Wildman–Crippen MR) is 45.6 cm³/mol. The van der Waals surface area contributed by atoms with Gasteiger partial charge in [0.15, 0.2) is 0 Å².